The predicted octanol–water partition coefficient (Wildman–Crippen LogP) is 4.89. The summed E-state index contributed by atoms with van der Waals surface area (Å²) in [5.74, 6) is -0.122. The molecule has 0 atom stereocenters. The van der Waals surface area contributed by atoms with Gasteiger partial charge in [0.05, 0.1) is 38.2 Å². The summed E-state index contributed by atoms with van der Waals surface area (Å²) in [6, 6.07) is 10.0. The zero-order valence-electron chi connectivity index (χ0n) is 16.8. The highest BCUT2D eigenvalue weighted by atomic mass is 35.5. The van der Waals surface area contributed by atoms with E-state index < -0.39 is 11.9 Å². The van der Waals surface area contributed by atoms with Crippen molar-refractivity contribution in [3.63, 3.8) is 0 Å². The number of carbonyl (C=O) groups is 2. The average Bonchev–Trinajstić information content (AvgIpc) is 2.96. The van der Waals surface area contributed by atoms with Crippen LogP contribution in [0, 0.1) is 0 Å². The van der Waals surface area contributed by atoms with Gasteiger partial charge in [-0.2, -0.15) is 0 Å². The van der Waals surface area contributed by atoms with E-state index in [-0.39, 0.29) is 11.1 Å². The lowest BCUT2D eigenvalue weighted by Gasteiger charge is -2.18. The number of esters is 1. The van der Waals surface area contributed by atoms with E-state index >= 15 is 0 Å². The Kier molecular flexibility index (Phi) is 6.39. The van der Waals surface area contributed by atoms with E-state index in [2.05, 4.69) is 0 Å². The fraction of sp³-hybridized carbons (Fsp3) is 0.182. The van der Waals surface area contributed by atoms with Gasteiger partial charge in [0.15, 0.2) is 11.5 Å². The van der Waals surface area contributed by atoms with Crippen molar-refractivity contribution >= 4 is 46.8 Å². The van der Waals surface area contributed by atoms with Crippen molar-refractivity contribution in [2.75, 3.05) is 26.2 Å². The quantitative estimate of drug-likeness (QED) is 0.482. The predicted molar refractivity (Wildman–Crippen MR) is 116 cm³/mol. The van der Waals surface area contributed by atoms with Gasteiger partial charge in [-0.3, -0.25) is 9.69 Å². The van der Waals surface area contributed by atoms with E-state index in [0.29, 0.717) is 38.5 Å². The zero-order valence-corrected chi connectivity index (χ0v) is 18.3. The fourth-order valence-corrected chi connectivity index (χ4v) is 3.85. The van der Waals surface area contributed by atoms with Crippen molar-refractivity contribution in [2.24, 2.45) is 0 Å². The number of benzene rings is 2. The van der Waals surface area contributed by atoms with Crippen molar-refractivity contribution in [2.45, 2.75) is 6.92 Å². The molecule has 3 rings (SSSR count). The molecule has 0 aromatic heterocycles. The molecule has 0 unspecified atom stereocenters. The fourth-order valence-electron chi connectivity index (χ4n) is 3.34. The number of rotatable bonds is 5. The van der Waals surface area contributed by atoms with Crippen LogP contribution in [0.3, 0.4) is 0 Å². The van der Waals surface area contributed by atoms with E-state index in [9.17, 15) is 9.59 Å². The minimum Gasteiger partial charge on any atom is -0.493 e. The number of ether oxygens (including phenoxy) is 3. The second-order valence-corrected chi connectivity index (χ2v) is 7.23. The molecule has 0 N–H and O–H groups in total. The molecular formula is C22H19Cl2NO5. The summed E-state index contributed by atoms with van der Waals surface area (Å²) in [5, 5.41) is 0.731. The minimum absolute atomic E-state index is 0.142. The molecule has 1 aliphatic heterocycles. The van der Waals surface area contributed by atoms with Crippen molar-refractivity contribution in [1.82, 2.24) is 0 Å². The Labute approximate surface area is 184 Å². The lowest BCUT2D eigenvalue weighted by atomic mass is 10.0. The largest absolute Gasteiger partial charge is 0.493 e. The van der Waals surface area contributed by atoms with Gasteiger partial charge >= 0.3 is 5.97 Å². The third kappa shape index (κ3) is 3.88. The Bertz CT molecular complexity index is 1070. The number of anilines is 1. The SMILES string of the molecule is COC(=O)C1=C(C)N(c2cc(Cl)cc(Cl)c2)C(=O)/C1=C\c1cccc(OC)c1OC. The third-order valence-electron chi connectivity index (χ3n) is 4.63. The molecule has 0 bridgehead atoms. The maximum Gasteiger partial charge on any atom is 0.340 e. The smallest absolute Gasteiger partial charge is 0.340 e. The molecule has 30 heavy (non-hydrogen) atoms. The molecule has 6 nitrogen and oxygen atoms in total. The van der Waals surface area contributed by atoms with Crippen LogP contribution < -0.4 is 14.4 Å². The van der Waals surface area contributed by atoms with Gasteiger partial charge in [0, 0.05) is 21.3 Å². The van der Waals surface area contributed by atoms with Crippen LogP contribution in [0.5, 0.6) is 11.5 Å². The number of allylic oxidation sites excluding steroid dienone is 1. The molecule has 2 aromatic rings. The molecule has 0 radical (unpaired) electrons. The first-order chi connectivity index (χ1) is 14.3. The number of methoxy groups -OCH3 is 3. The highest BCUT2D eigenvalue weighted by molar-refractivity contribution is 6.35. The number of carbonyl (C=O) groups excluding carboxylic acids is 2. The lowest BCUT2D eigenvalue weighted by molar-refractivity contribution is -0.136. The summed E-state index contributed by atoms with van der Waals surface area (Å²) in [6.45, 7) is 1.66. The maximum absolute atomic E-state index is 13.4. The Morgan fingerprint density at radius 2 is 1.70 bits per heavy atom. The number of halogens is 2. The first-order valence-corrected chi connectivity index (χ1v) is 9.60. The van der Waals surface area contributed by atoms with Gasteiger partial charge in [-0.15, -0.1) is 0 Å². The van der Waals surface area contributed by atoms with Gasteiger partial charge in [-0.25, -0.2) is 4.79 Å². The Hall–Kier alpha value is -2.96. The molecular weight excluding hydrogens is 429 g/mol. The molecule has 0 aliphatic carbocycles. The van der Waals surface area contributed by atoms with Crippen LogP contribution in [0.25, 0.3) is 6.08 Å². The van der Waals surface area contributed by atoms with Crippen LogP contribution in [0.2, 0.25) is 10.0 Å². The second kappa shape index (κ2) is 8.81. The normalized spacial score (nSPS) is 15.1. The molecule has 1 aliphatic rings. The number of hydrogen-bond donors (Lipinski definition) is 0. The van der Waals surface area contributed by atoms with E-state index in [4.69, 9.17) is 37.4 Å². The summed E-state index contributed by atoms with van der Waals surface area (Å²) in [6.07, 6.45) is 1.57. The van der Waals surface area contributed by atoms with Crippen molar-refractivity contribution in [3.8, 4) is 11.5 Å². The van der Waals surface area contributed by atoms with Gasteiger partial charge < -0.3 is 14.2 Å². The molecule has 156 valence electrons. The molecule has 0 saturated heterocycles. The summed E-state index contributed by atoms with van der Waals surface area (Å²) in [7, 11) is 4.28. The van der Waals surface area contributed by atoms with Crippen LogP contribution in [-0.2, 0) is 14.3 Å². The van der Waals surface area contributed by atoms with E-state index in [1.54, 1.807) is 49.4 Å². The second-order valence-electron chi connectivity index (χ2n) is 6.36. The van der Waals surface area contributed by atoms with Gasteiger partial charge in [0.25, 0.3) is 5.91 Å². The van der Waals surface area contributed by atoms with Crippen LogP contribution in [0.1, 0.15) is 12.5 Å². The molecule has 0 saturated carbocycles. The Balaban J connectivity index is 2.21. The van der Waals surface area contributed by atoms with Crippen molar-refractivity contribution in [3.05, 3.63) is 68.9 Å². The zero-order chi connectivity index (χ0) is 22.0. The summed E-state index contributed by atoms with van der Waals surface area (Å²) in [5.41, 5.74) is 1.71. The summed E-state index contributed by atoms with van der Waals surface area (Å²) < 4.78 is 15.7. The van der Waals surface area contributed by atoms with Crippen LogP contribution in [0.15, 0.2) is 53.2 Å². The maximum atomic E-state index is 13.4. The molecule has 0 fully saturated rings. The van der Waals surface area contributed by atoms with Crippen molar-refractivity contribution < 1.29 is 23.8 Å². The third-order valence-corrected chi connectivity index (χ3v) is 5.06. The van der Waals surface area contributed by atoms with Crippen LogP contribution >= 0.6 is 23.2 Å². The number of amides is 1. The van der Waals surface area contributed by atoms with Gasteiger partial charge in [-0.05, 0) is 37.3 Å². The lowest BCUT2D eigenvalue weighted by Crippen LogP contribution is -2.24. The standard InChI is InChI=1S/C22H19Cl2NO5/c1-12-19(22(27)30-4)17(8-13-6-5-7-18(28-2)20(13)29-3)21(26)25(12)16-10-14(23)9-15(24)11-16/h5-11H,1-4H3/b17-8-. The number of para-hydroxylation sites is 1. The highest BCUT2D eigenvalue weighted by Gasteiger charge is 2.38. The molecule has 0 spiro atoms. The number of hydrogen-bond acceptors (Lipinski definition) is 5. The Morgan fingerprint density at radius 1 is 1.03 bits per heavy atom. The topological polar surface area (TPSA) is 65.1 Å². The van der Waals surface area contributed by atoms with Crippen LogP contribution in [-0.4, -0.2) is 33.2 Å². The number of nitrogens with zero attached hydrogens (tertiary/aromatic N) is 1. The van der Waals surface area contributed by atoms with Crippen LogP contribution in [0.4, 0.5) is 5.69 Å². The first-order valence-electron chi connectivity index (χ1n) is 8.85. The van der Waals surface area contributed by atoms with Gasteiger partial charge in [-0.1, -0.05) is 35.3 Å². The highest BCUT2D eigenvalue weighted by Crippen LogP contribution is 2.39. The average molecular weight is 448 g/mol. The Morgan fingerprint density at radius 3 is 2.27 bits per heavy atom. The van der Waals surface area contributed by atoms with E-state index in [1.165, 1.54) is 26.2 Å². The molecule has 1 heterocycles. The summed E-state index contributed by atoms with van der Waals surface area (Å²) >= 11 is 12.2. The van der Waals surface area contributed by atoms with Gasteiger partial charge in [0.2, 0.25) is 0 Å². The van der Waals surface area contributed by atoms with Gasteiger partial charge in [0.1, 0.15) is 0 Å². The molecule has 1 amide bonds. The summed E-state index contributed by atoms with van der Waals surface area (Å²) in [4.78, 5) is 27.3. The van der Waals surface area contributed by atoms with E-state index in [1.807, 2.05) is 0 Å². The molecule has 8 heteroatoms. The van der Waals surface area contributed by atoms with E-state index in [0.717, 1.165) is 0 Å². The first kappa shape index (κ1) is 21.7. The molecule has 2 aromatic carbocycles. The minimum atomic E-state index is -0.635. The van der Waals surface area contributed by atoms with Crippen molar-refractivity contribution in [1.29, 1.82) is 0 Å². The monoisotopic (exact) mass is 447 g/mol.